The van der Waals surface area contributed by atoms with Crippen molar-refractivity contribution in [3.05, 3.63) is 59.1 Å². The van der Waals surface area contributed by atoms with Gasteiger partial charge in [-0.3, -0.25) is 9.69 Å². The van der Waals surface area contributed by atoms with Crippen LogP contribution in [0.15, 0.2) is 47.8 Å². The quantitative estimate of drug-likeness (QED) is 0.512. The second-order valence-electron chi connectivity index (χ2n) is 7.28. The van der Waals surface area contributed by atoms with Crippen LogP contribution >= 0.6 is 23.1 Å². The molecule has 0 aliphatic carbocycles. The van der Waals surface area contributed by atoms with Crippen LogP contribution in [0.5, 0.6) is 17.2 Å². The molecule has 1 saturated heterocycles. The van der Waals surface area contributed by atoms with Gasteiger partial charge in [-0.1, -0.05) is 12.1 Å². The summed E-state index contributed by atoms with van der Waals surface area (Å²) >= 11 is 3.12. The number of hydrogen-bond donors (Lipinski definition) is 1. The van der Waals surface area contributed by atoms with Gasteiger partial charge in [0.05, 0.1) is 25.5 Å². The van der Waals surface area contributed by atoms with E-state index >= 15 is 0 Å². The molecule has 1 aromatic heterocycles. The molecule has 0 saturated carbocycles. The summed E-state index contributed by atoms with van der Waals surface area (Å²) in [5, 5.41) is 12.1. The van der Waals surface area contributed by atoms with Gasteiger partial charge < -0.3 is 19.3 Å². The zero-order valence-electron chi connectivity index (χ0n) is 18.0. The first-order valence-electron chi connectivity index (χ1n) is 9.96. The highest BCUT2D eigenvalue weighted by atomic mass is 32.2. The monoisotopic (exact) mass is 472 g/mol. The molecule has 7 nitrogen and oxygen atoms in total. The molecule has 1 unspecified atom stereocenters. The molecule has 4 rings (SSSR count). The summed E-state index contributed by atoms with van der Waals surface area (Å²) in [6, 6.07) is 12.9. The van der Waals surface area contributed by atoms with E-state index in [0.717, 1.165) is 27.6 Å². The van der Waals surface area contributed by atoms with Crippen LogP contribution in [0.2, 0.25) is 0 Å². The zero-order valence-corrected chi connectivity index (χ0v) is 19.6. The van der Waals surface area contributed by atoms with E-state index in [1.54, 1.807) is 26.0 Å². The summed E-state index contributed by atoms with van der Waals surface area (Å²) in [4.78, 5) is 18.0. The second-order valence-corrected chi connectivity index (χ2v) is 9.25. The van der Waals surface area contributed by atoms with Gasteiger partial charge >= 0.3 is 5.97 Å². The Labute approximate surface area is 194 Å². The maximum Gasteiger partial charge on any atom is 0.321 e. The topological polar surface area (TPSA) is 81.1 Å². The summed E-state index contributed by atoms with van der Waals surface area (Å²) in [5.74, 6) is 1.93. The van der Waals surface area contributed by atoms with Gasteiger partial charge in [0.15, 0.2) is 0 Å². The van der Waals surface area contributed by atoms with Gasteiger partial charge in [-0.15, -0.1) is 23.1 Å². The molecule has 32 heavy (non-hydrogen) atoms. The van der Waals surface area contributed by atoms with Crippen molar-refractivity contribution in [1.29, 1.82) is 0 Å². The van der Waals surface area contributed by atoms with Crippen molar-refractivity contribution in [2.24, 2.45) is 0 Å². The van der Waals surface area contributed by atoms with Gasteiger partial charge in [0.25, 0.3) is 0 Å². The molecule has 1 aliphatic rings. The molecule has 0 bridgehead atoms. The molecular formula is C23H24N2O5S2. The molecule has 0 spiro atoms. The number of carbonyl (C=O) groups is 1. The first-order chi connectivity index (χ1) is 15.5. The number of thioether (sulfide) groups is 1. The van der Waals surface area contributed by atoms with Gasteiger partial charge in [0, 0.05) is 17.2 Å². The average Bonchev–Trinajstić information content (AvgIpc) is 3.44. The fraction of sp³-hybridized carbons (Fsp3) is 0.304. The molecule has 1 N–H and O–H groups in total. The number of likely N-dealkylation sites (N-methyl/N-ethyl adjacent to an activating group) is 1. The first-order valence-corrected chi connectivity index (χ1v) is 11.9. The molecule has 1 aliphatic heterocycles. The Bertz CT molecular complexity index is 1090. The third-order valence-electron chi connectivity index (χ3n) is 5.30. The number of thiazole rings is 1. The number of rotatable bonds is 8. The largest absolute Gasteiger partial charge is 0.497 e. The van der Waals surface area contributed by atoms with Crippen molar-refractivity contribution in [3.8, 4) is 27.8 Å². The lowest BCUT2D eigenvalue weighted by Crippen LogP contribution is -2.35. The smallest absolute Gasteiger partial charge is 0.321 e. The van der Waals surface area contributed by atoms with Gasteiger partial charge in [-0.05, 0) is 36.9 Å². The number of methoxy groups -OCH3 is 2. The van der Waals surface area contributed by atoms with Gasteiger partial charge in [0.2, 0.25) is 0 Å². The summed E-state index contributed by atoms with van der Waals surface area (Å²) in [5.41, 5.74) is 2.78. The van der Waals surface area contributed by atoms with Crippen molar-refractivity contribution in [2.45, 2.75) is 18.0 Å². The summed E-state index contributed by atoms with van der Waals surface area (Å²) < 4.78 is 16.7. The van der Waals surface area contributed by atoms with Crippen LogP contribution in [0.3, 0.4) is 0 Å². The molecule has 3 aromatic rings. The third-order valence-corrected chi connectivity index (χ3v) is 7.59. The molecule has 2 aromatic carbocycles. The van der Waals surface area contributed by atoms with E-state index < -0.39 is 12.0 Å². The van der Waals surface area contributed by atoms with Crippen LogP contribution in [0.1, 0.15) is 16.6 Å². The van der Waals surface area contributed by atoms with Crippen LogP contribution < -0.4 is 14.2 Å². The van der Waals surface area contributed by atoms with E-state index in [1.165, 1.54) is 11.3 Å². The Kier molecular flexibility index (Phi) is 6.88. The zero-order chi connectivity index (χ0) is 22.7. The highest BCUT2D eigenvalue weighted by Gasteiger charge is 2.37. The molecule has 168 valence electrons. The van der Waals surface area contributed by atoms with Crippen molar-refractivity contribution in [2.75, 3.05) is 27.0 Å². The van der Waals surface area contributed by atoms with Crippen LogP contribution in [0.25, 0.3) is 10.6 Å². The lowest BCUT2D eigenvalue weighted by molar-refractivity contribution is -0.141. The fourth-order valence-electron chi connectivity index (χ4n) is 3.47. The highest BCUT2D eigenvalue weighted by molar-refractivity contribution is 7.99. The maximum absolute atomic E-state index is 11.4. The molecule has 1 fully saturated rings. The molecule has 0 amide bonds. The standard InChI is InChI=1S/C23H24N2O5S2/c1-25-19(23(26)27)13-32-22(25)18-12-31-21(24-18)17-9-8-16(10-20(17)29-3)30-11-14-4-6-15(28-2)7-5-14/h4-10,12,19,22H,11,13H2,1-3H3,(H,26,27)/t19-,22?/m0/s1. The number of aliphatic carboxylic acids is 1. The van der Waals surface area contributed by atoms with E-state index in [1.807, 2.05) is 59.8 Å². The van der Waals surface area contributed by atoms with E-state index in [4.69, 9.17) is 19.2 Å². The predicted molar refractivity (Wildman–Crippen MR) is 126 cm³/mol. The van der Waals surface area contributed by atoms with Crippen molar-refractivity contribution in [3.63, 3.8) is 0 Å². The van der Waals surface area contributed by atoms with E-state index in [-0.39, 0.29) is 5.37 Å². The normalized spacial score (nSPS) is 18.5. The van der Waals surface area contributed by atoms with E-state index in [2.05, 4.69) is 0 Å². The van der Waals surface area contributed by atoms with Gasteiger partial charge in [-0.2, -0.15) is 0 Å². The van der Waals surface area contributed by atoms with Crippen LogP contribution in [0, 0.1) is 0 Å². The first kappa shape index (κ1) is 22.4. The molecule has 0 radical (unpaired) electrons. The molecular weight excluding hydrogens is 448 g/mol. The fourth-order valence-corrected chi connectivity index (χ4v) is 5.84. The minimum atomic E-state index is -0.801. The van der Waals surface area contributed by atoms with Crippen molar-refractivity contribution >= 4 is 29.1 Å². The van der Waals surface area contributed by atoms with Crippen LogP contribution in [-0.4, -0.2) is 54.0 Å². The highest BCUT2D eigenvalue weighted by Crippen LogP contribution is 2.42. The average molecular weight is 473 g/mol. The Morgan fingerprint density at radius 1 is 1.16 bits per heavy atom. The lowest BCUT2D eigenvalue weighted by atomic mass is 10.2. The number of nitrogens with zero attached hydrogens (tertiary/aromatic N) is 2. The number of benzene rings is 2. The van der Waals surface area contributed by atoms with E-state index in [9.17, 15) is 9.90 Å². The Morgan fingerprint density at radius 3 is 2.56 bits per heavy atom. The minimum absolute atomic E-state index is 0.0702. The Hall–Kier alpha value is -2.75. The van der Waals surface area contributed by atoms with Gasteiger partial charge in [-0.25, -0.2) is 4.98 Å². The van der Waals surface area contributed by atoms with Gasteiger partial charge in [0.1, 0.15) is 40.3 Å². The summed E-state index contributed by atoms with van der Waals surface area (Å²) in [6.07, 6.45) is 0. The Morgan fingerprint density at radius 2 is 1.91 bits per heavy atom. The lowest BCUT2D eigenvalue weighted by Gasteiger charge is -2.20. The summed E-state index contributed by atoms with van der Waals surface area (Å²) in [7, 11) is 5.10. The van der Waals surface area contributed by atoms with E-state index in [0.29, 0.717) is 23.9 Å². The molecule has 9 heteroatoms. The number of aromatic nitrogens is 1. The Balaban J connectivity index is 1.48. The SMILES string of the molecule is COc1ccc(COc2ccc(-c3nc(C4SC[C@@H](C(=O)O)N4C)cs3)c(OC)c2)cc1. The number of hydrogen-bond acceptors (Lipinski definition) is 8. The minimum Gasteiger partial charge on any atom is -0.497 e. The van der Waals surface area contributed by atoms with Crippen LogP contribution in [0.4, 0.5) is 0 Å². The van der Waals surface area contributed by atoms with Crippen molar-refractivity contribution in [1.82, 2.24) is 9.88 Å². The summed E-state index contributed by atoms with van der Waals surface area (Å²) in [6.45, 7) is 0.434. The predicted octanol–water partition coefficient (Wildman–Crippen LogP) is 4.54. The number of carboxylic acid groups (broad SMARTS) is 1. The third kappa shape index (κ3) is 4.69. The molecule has 2 heterocycles. The van der Waals surface area contributed by atoms with Crippen LogP contribution in [-0.2, 0) is 11.4 Å². The van der Waals surface area contributed by atoms with Crippen molar-refractivity contribution < 1.29 is 24.1 Å². The number of ether oxygens (including phenoxy) is 3. The number of carboxylic acids is 1. The molecule has 2 atom stereocenters. The maximum atomic E-state index is 11.4. The second kappa shape index (κ2) is 9.81.